The fourth-order valence-electron chi connectivity index (χ4n) is 2.24. The Morgan fingerprint density at radius 3 is 2.75 bits per heavy atom. The lowest BCUT2D eigenvalue weighted by molar-refractivity contribution is -0.122. The van der Waals surface area contributed by atoms with Crippen LogP contribution in [0.15, 0.2) is 11.8 Å². The minimum atomic E-state index is -0.337. The van der Waals surface area contributed by atoms with Gasteiger partial charge in [-0.05, 0) is 19.9 Å². The predicted octanol–water partition coefficient (Wildman–Crippen LogP) is -0.125. The first-order valence-electron chi connectivity index (χ1n) is 7.80. The van der Waals surface area contributed by atoms with E-state index in [9.17, 15) is 4.79 Å². The van der Waals surface area contributed by atoms with Gasteiger partial charge in [0.15, 0.2) is 0 Å². The van der Waals surface area contributed by atoms with Gasteiger partial charge in [0.05, 0.1) is 25.5 Å². The van der Waals surface area contributed by atoms with Crippen LogP contribution >= 0.6 is 0 Å². The molecular weight excluding hydrogens is 312 g/mol. The fraction of sp³-hybridized carbons (Fsp3) is 0.533. The summed E-state index contributed by atoms with van der Waals surface area (Å²) in [7, 11) is 1.58. The van der Waals surface area contributed by atoms with Crippen molar-refractivity contribution in [1.82, 2.24) is 20.8 Å². The van der Waals surface area contributed by atoms with Gasteiger partial charge in [-0.3, -0.25) is 4.79 Å². The van der Waals surface area contributed by atoms with Crippen molar-refractivity contribution < 1.29 is 14.4 Å². The van der Waals surface area contributed by atoms with E-state index >= 15 is 0 Å². The van der Waals surface area contributed by atoms with Crippen LogP contribution in [-0.2, 0) is 20.9 Å². The van der Waals surface area contributed by atoms with Crippen LogP contribution in [0.2, 0.25) is 0 Å². The molecule has 0 unspecified atom stereocenters. The molecule has 1 fully saturated rings. The molecule has 1 saturated heterocycles. The first-order chi connectivity index (χ1) is 11.6. The Balaban J connectivity index is 2.11. The highest BCUT2D eigenvalue weighted by atomic mass is 16.6. The number of nitrogen functional groups attached to an aromatic ring is 1. The highest BCUT2D eigenvalue weighted by Crippen LogP contribution is 2.18. The maximum Gasteiger partial charge on any atom is 0.288 e. The van der Waals surface area contributed by atoms with Crippen molar-refractivity contribution in [3.63, 3.8) is 0 Å². The van der Waals surface area contributed by atoms with Gasteiger partial charge in [0, 0.05) is 25.7 Å². The number of ether oxygens (including phenoxy) is 1. The first kappa shape index (κ1) is 18.0. The van der Waals surface area contributed by atoms with Crippen molar-refractivity contribution in [3.8, 4) is 0 Å². The molecule has 0 atom stereocenters. The number of carbonyl (C=O) groups is 1. The number of nitrogens with zero attached hydrogens (tertiary/aromatic N) is 3. The van der Waals surface area contributed by atoms with Crippen LogP contribution in [0.1, 0.15) is 18.2 Å². The summed E-state index contributed by atoms with van der Waals surface area (Å²) in [5, 5.41) is 2.77. The van der Waals surface area contributed by atoms with Crippen molar-refractivity contribution in [2.45, 2.75) is 20.4 Å². The summed E-state index contributed by atoms with van der Waals surface area (Å²) in [5.41, 5.74) is 9.91. The summed E-state index contributed by atoms with van der Waals surface area (Å²) in [6, 6.07) is 0. The van der Waals surface area contributed by atoms with Crippen LogP contribution in [0.5, 0.6) is 0 Å². The van der Waals surface area contributed by atoms with Gasteiger partial charge in [-0.15, -0.1) is 0 Å². The Hall–Kier alpha value is -2.39. The van der Waals surface area contributed by atoms with Crippen LogP contribution in [0.25, 0.3) is 0 Å². The standard InChI is InChI=1S/C15H24N6O3/c1-4-12(24-17-3)14(22)18-9-11-10(2)13(16)20-15(19-11)21-5-7-23-8-6-21/h4,17H,5-9H2,1-3H3,(H,18,22)(H2,16,19,20)/b12-4-. The molecule has 2 rings (SSSR count). The lowest BCUT2D eigenvalue weighted by Gasteiger charge is -2.27. The normalized spacial score (nSPS) is 15.3. The van der Waals surface area contributed by atoms with Crippen LogP contribution in [0.4, 0.5) is 11.8 Å². The van der Waals surface area contributed by atoms with Crippen molar-refractivity contribution >= 4 is 17.7 Å². The number of morpholine rings is 1. The van der Waals surface area contributed by atoms with E-state index in [1.807, 2.05) is 11.8 Å². The summed E-state index contributed by atoms with van der Waals surface area (Å²) in [4.78, 5) is 28.0. The van der Waals surface area contributed by atoms with Crippen molar-refractivity contribution in [3.05, 3.63) is 23.1 Å². The van der Waals surface area contributed by atoms with Crippen molar-refractivity contribution in [2.75, 3.05) is 44.0 Å². The molecule has 4 N–H and O–H groups in total. The van der Waals surface area contributed by atoms with Crippen LogP contribution in [-0.4, -0.2) is 49.2 Å². The average molecular weight is 336 g/mol. The number of rotatable bonds is 6. The number of hydroxylamine groups is 1. The van der Waals surface area contributed by atoms with Gasteiger partial charge in [0.1, 0.15) is 5.82 Å². The maximum atomic E-state index is 12.1. The summed E-state index contributed by atoms with van der Waals surface area (Å²) < 4.78 is 5.33. The molecule has 132 valence electrons. The molecule has 24 heavy (non-hydrogen) atoms. The van der Waals surface area contributed by atoms with Gasteiger partial charge >= 0.3 is 0 Å². The molecule has 9 heteroatoms. The minimum Gasteiger partial charge on any atom is -0.404 e. The smallest absolute Gasteiger partial charge is 0.288 e. The zero-order valence-corrected chi connectivity index (χ0v) is 14.3. The van der Waals surface area contributed by atoms with Gasteiger partial charge in [0.25, 0.3) is 5.91 Å². The molecule has 1 aromatic rings. The second-order valence-corrected chi connectivity index (χ2v) is 5.22. The molecule has 2 heterocycles. The molecule has 0 spiro atoms. The number of allylic oxidation sites excluding steroid dienone is 1. The van der Waals surface area contributed by atoms with Crippen LogP contribution in [0, 0.1) is 6.92 Å². The quantitative estimate of drug-likeness (QED) is 0.374. The molecule has 9 nitrogen and oxygen atoms in total. The Morgan fingerprint density at radius 1 is 1.42 bits per heavy atom. The number of aromatic nitrogens is 2. The summed E-state index contributed by atoms with van der Waals surface area (Å²) in [5.74, 6) is 0.818. The molecular formula is C15H24N6O3. The van der Waals surface area contributed by atoms with E-state index in [4.69, 9.17) is 15.3 Å². The lowest BCUT2D eigenvalue weighted by atomic mass is 10.2. The van der Waals surface area contributed by atoms with Crippen LogP contribution in [0.3, 0.4) is 0 Å². The zero-order valence-electron chi connectivity index (χ0n) is 14.3. The van der Waals surface area contributed by atoms with E-state index in [0.717, 1.165) is 5.56 Å². The largest absolute Gasteiger partial charge is 0.404 e. The SMILES string of the molecule is C/C=C(\ONC)C(=O)NCc1nc(N2CCOCC2)nc(N)c1C. The summed E-state index contributed by atoms with van der Waals surface area (Å²) in [6.07, 6.45) is 1.58. The Morgan fingerprint density at radius 2 is 2.12 bits per heavy atom. The van der Waals surface area contributed by atoms with E-state index in [0.29, 0.717) is 43.8 Å². The molecule has 0 radical (unpaired) electrons. The number of amides is 1. The maximum absolute atomic E-state index is 12.1. The van der Waals surface area contributed by atoms with E-state index in [-0.39, 0.29) is 18.2 Å². The molecule has 0 aromatic carbocycles. The fourth-order valence-corrected chi connectivity index (χ4v) is 2.24. The van der Waals surface area contributed by atoms with E-state index < -0.39 is 0 Å². The monoisotopic (exact) mass is 336 g/mol. The number of hydrogen-bond donors (Lipinski definition) is 3. The molecule has 1 aliphatic rings. The highest BCUT2D eigenvalue weighted by molar-refractivity contribution is 5.91. The summed E-state index contributed by atoms with van der Waals surface area (Å²) >= 11 is 0. The number of anilines is 2. The molecule has 0 saturated carbocycles. The van der Waals surface area contributed by atoms with E-state index in [1.54, 1.807) is 20.0 Å². The topological polar surface area (TPSA) is 115 Å². The molecule has 1 aromatic heterocycles. The Kier molecular flexibility index (Phi) is 6.33. The van der Waals surface area contributed by atoms with E-state index in [1.165, 1.54) is 0 Å². The third-order valence-electron chi connectivity index (χ3n) is 3.68. The average Bonchev–Trinajstić information content (AvgIpc) is 2.61. The van der Waals surface area contributed by atoms with Gasteiger partial charge < -0.3 is 25.5 Å². The van der Waals surface area contributed by atoms with Crippen LogP contribution < -0.4 is 21.4 Å². The van der Waals surface area contributed by atoms with Crippen molar-refractivity contribution in [2.24, 2.45) is 0 Å². The zero-order chi connectivity index (χ0) is 17.5. The summed E-state index contributed by atoms with van der Waals surface area (Å²) in [6.45, 7) is 6.49. The number of nitrogens with two attached hydrogens (primary N) is 1. The van der Waals surface area contributed by atoms with E-state index in [2.05, 4.69) is 20.8 Å². The third-order valence-corrected chi connectivity index (χ3v) is 3.68. The second-order valence-electron chi connectivity index (χ2n) is 5.22. The van der Waals surface area contributed by atoms with Gasteiger partial charge in [-0.25, -0.2) is 4.98 Å². The molecule has 1 aliphatic heterocycles. The second kappa shape index (κ2) is 8.46. The van der Waals surface area contributed by atoms with Crippen molar-refractivity contribution in [1.29, 1.82) is 0 Å². The Bertz CT molecular complexity index is 613. The molecule has 0 aliphatic carbocycles. The number of hydrogen-bond acceptors (Lipinski definition) is 8. The predicted molar refractivity (Wildman–Crippen MR) is 90.0 cm³/mol. The molecule has 0 bridgehead atoms. The Labute approximate surface area is 141 Å². The number of nitrogens with one attached hydrogen (secondary N) is 2. The van der Waals surface area contributed by atoms with Gasteiger partial charge in [0.2, 0.25) is 11.7 Å². The number of carbonyl (C=O) groups excluding carboxylic acids is 1. The van der Waals surface area contributed by atoms with Gasteiger partial charge in [-0.2, -0.15) is 10.5 Å². The lowest BCUT2D eigenvalue weighted by Crippen LogP contribution is -2.38. The molecule has 1 amide bonds. The van der Waals surface area contributed by atoms with Gasteiger partial charge in [-0.1, -0.05) is 0 Å². The minimum absolute atomic E-state index is 0.186. The first-order valence-corrected chi connectivity index (χ1v) is 7.80. The third kappa shape index (κ3) is 4.33. The highest BCUT2D eigenvalue weighted by Gasteiger charge is 2.18.